The number of nitriles is 1. The summed E-state index contributed by atoms with van der Waals surface area (Å²) in [5.74, 6) is 0.774. The molecule has 11 heteroatoms. The van der Waals surface area contributed by atoms with Gasteiger partial charge in [-0.15, -0.1) is 0 Å². The van der Waals surface area contributed by atoms with E-state index < -0.39 is 6.10 Å². The number of hydrogen-bond donors (Lipinski definition) is 2. The Labute approximate surface area is 229 Å². The van der Waals surface area contributed by atoms with Crippen LogP contribution in [0, 0.1) is 17.2 Å². The lowest BCUT2D eigenvalue weighted by atomic mass is 10.1. The van der Waals surface area contributed by atoms with Gasteiger partial charge in [-0.1, -0.05) is 23.7 Å². The molecule has 0 bridgehead atoms. The Morgan fingerprint density at radius 3 is 2.85 bits per heavy atom. The van der Waals surface area contributed by atoms with E-state index in [1.807, 2.05) is 46.6 Å². The molecule has 0 saturated heterocycles. The van der Waals surface area contributed by atoms with Crippen molar-refractivity contribution in [3.63, 3.8) is 0 Å². The molecular formula is C28H27ClN8O2. The minimum atomic E-state index is -0.651. The molecule has 0 amide bonds. The van der Waals surface area contributed by atoms with Crippen molar-refractivity contribution in [1.82, 2.24) is 28.9 Å². The van der Waals surface area contributed by atoms with Crippen LogP contribution < -0.4 is 11.0 Å². The highest BCUT2D eigenvalue weighted by Gasteiger charge is 2.28. The smallest absolute Gasteiger partial charge is 0.351 e. The predicted octanol–water partition coefficient (Wildman–Crippen LogP) is 3.92. The van der Waals surface area contributed by atoms with Crippen LogP contribution in [0.15, 0.2) is 47.5 Å². The second kappa shape index (κ2) is 9.84. The molecule has 1 saturated carbocycles. The normalized spacial score (nSPS) is 14.1. The first-order valence-corrected chi connectivity index (χ1v) is 13.2. The van der Waals surface area contributed by atoms with Gasteiger partial charge in [0.05, 0.1) is 45.5 Å². The summed E-state index contributed by atoms with van der Waals surface area (Å²) in [4.78, 5) is 22.1. The third-order valence-electron chi connectivity index (χ3n) is 7.08. The Hall–Kier alpha value is -4.20. The molecule has 0 spiro atoms. The summed E-state index contributed by atoms with van der Waals surface area (Å²) in [5, 5.41) is 29.9. The lowest BCUT2D eigenvalue weighted by Gasteiger charge is -2.13. The highest BCUT2D eigenvalue weighted by Crippen LogP contribution is 2.36. The number of pyridine rings is 1. The van der Waals surface area contributed by atoms with Gasteiger partial charge >= 0.3 is 5.69 Å². The third-order valence-corrected chi connectivity index (χ3v) is 7.38. The number of para-hydroxylation sites is 1. The summed E-state index contributed by atoms with van der Waals surface area (Å²) in [5.41, 5.74) is 3.76. The van der Waals surface area contributed by atoms with Crippen molar-refractivity contribution in [2.45, 2.75) is 39.0 Å². The summed E-state index contributed by atoms with van der Waals surface area (Å²) in [6.07, 6.45) is 4.97. The van der Waals surface area contributed by atoms with Crippen molar-refractivity contribution in [3.8, 4) is 17.5 Å². The average molecular weight is 543 g/mol. The van der Waals surface area contributed by atoms with E-state index >= 15 is 0 Å². The lowest BCUT2D eigenvalue weighted by Crippen LogP contribution is -2.27. The van der Waals surface area contributed by atoms with E-state index in [2.05, 4.69) is 21.4 Å². The number of benzene rings is 1. The molecule has 10 nitrogen and oxygen atoms in total. The van der Waals surface area contributed by atoms with Gasteiger partial charge in [0.15, 0.2) is 5.65 Å². The highest BCUT2D eigenvalue weighted by atomic mass is 35.5. The van der Waals surface area contributed by atoms with Crippen LogP contribution in [-0.4, -0.2) is 46.6 Å². The Morgan fingerprint density at radius 2 is 2.13 bits per heavy atom. The van der Waals surface area contributed by atoms with Crippen molar-refractivity contribution >= 4 is 39.4 Å². The first-order valence-electron chi connectivity index (χ1n) is 12.9. The second-order valence-corrected chi connectivity index (χ2v) is 10.6. The van der Waals surface area contributed by atoms with E-state index in [0.717, 1.165) is 29.5 Å². The molecule has 1 atom stereocenters. The molecule has 1 aromatic carbocycles. The van der Waals surface area contributed by atoms with Gasteiger partial charge in [-0.25, -0.2) is 4.79 Å². The Bertz CT molecular complexity index is 1820. The summed E-state index contributed by atoms with van der Waals surface area (Å²) in [7, 11) is 1.87. The number of nitrogens with one attached hydrogen (secondary N) is 1. The predicted molar refractivity (Wildman–Crippen MR) is 150 cm³/mol. The zero-order valence-corrected chi connectivity index (χ0v) is 22.4. The van der Waals surface area contributed by atoms with E-state index in [0.29, 0.717) is 57.7 Å². The SMILES string of the molecule is C[C@@H](O)CNc1nc(=O)n(CC2CC2)c2nn(Cc3ccnc4c(Cl)cccc34)c(-c3cc(C#N)cn3C)c12. The Balaban J connectivity index is 1.64. The zero-order valence-electron chi connectivity index (χ0n) is 21.6. The standard InChI is InChI=1S/C28H27ClN8O2/c1-16(38)12-32-26-23-25(22-10-18(11-30)13-35(22)2)37(34-27(23)36(28(39)33-26)14-17-6-7-17)15-19-8-9-31-24-20(19)4-3-5-21(24)29/h3-5,8-10,13,16-17,38H,6-7,12,14-15H2,1-2H3,(H,32,33,39)/t16-/m1/s1. The third kappa shape index (κ3) is 4.64. The molecule has 0 radical (unpaired) electrons. The number of nitrogens with zero attached hydrogens (tertiary/aromatic N) is 7. The fourth-order valence-electron chi connectivity index (χ4n) is 4.99. The first-order chi connectivity index (χ1) is 18.8. The number of aromatic nitrogens is 6. The van der Waals surface area contributed by atoms with Crippen LogP contribution in [0.1, 0.15) is 30.9 Å². The molecule has 198 valence electrons. The average Bonchev–Trinajstić information content (AvgIpc) is 3.55. The maximum atomic E-state index is 13.2. The van der Waals surface area contributed by atoms with Gasteiger partial charge in [-0.3, -0.25) is 14.2 Å². The number of rotatable bonds is 8. The monoisotopic (exact) mass is 542 g/mol. The number of aryl methyl sites for hydroxylation is 1. The van der Waals surface area contributed by atoms with Crippen molar-refractivity contribution in [2.75, 3.05) is 11.9 Å². The van der Waals surface area contributed by atoms with Crippen molar-refractivity contribution in [2.24, 2.45) is 13.0 Å². The van der Waals surface area contributed by atoms with Crippen LogP contribution in [-0.2, 0) is 20.1 Å². The number of halogens is 1. The van der Waals surface area contributed by atoms with E-state index in [1.165, 1.54) is 0 Å². The first kappa shape index (κ1) is 25.1. The van der Waals surface area contributed by atoms with Crippen LogP contribution in [0.2, 0.25) is 5.02 Å². The van der Waals surface area contributed by atoms with E-state index in [-0.39, 0.29) is 12.2 Å². The Morgan fingerprint density at radius 1 is 1.31 bits per heavy atom. The summed E-state index contributed by atoms with van der Waals surface area (Å²) in [6, 6.07) is 11.6. The molecule has 1 aliphatic carbocycles. The molecule has 1 aliphatic rings. The molecule has 1 fully saturated rings. The number of aliphatic hydroxyl groups is 1. The number of aliphatic hydroxyl groups excluding tert-OH is 1. The number of fused-ring (bicyclic) bond motifs is 2. The molecule has 0 aliphatic heterocycles. The van der Waals surface area contributed by atoms with Crippen LogP contribution in [0.4, 0.5) is 5.82 Å². The van der Waals surface area contributed by atoms with Gasteiger partial charge < -0.3 is 15.0 Å². The van der Waals surface area contributed by atoms with E-state index in [4.69, 9.17) is 16.7 Å². The van der Waals surface area contributed by atoms with Crippen molar-refractivity contribution in [1.29, 1.82) is 5.26 Å². The van der Waals surface area contributed by atoms with Crippen molar-refractivity contribution in [3.05, 3.63) is 69.4 Å². The zero-order chi connectivity index (χ0) is 27.3. The molecule has 4 heterocycles. The van der Waals surface area contributed by atoms with E-state index in [9.17, 15) is 15.2 Å². The van der Waals surface area contributed by atoms with Gasteiger partial charge in [0, 0.05) is 37.9 Å². The minimum absolute atomic E-state index is 0.211. The largest absolute Gasteiger partial charge is 0.392 e. The number of hydrogen-bond acceptors (Lipinski definition) is 7. The molecule has 39 heavy (non-hydrogen) atoms. The topological polar surface area (TPSA) is 127 Å². The van der Waals surface area contributed by atoms with Crippen LogP contribution in [0.3, 0.4) is 0 Å². The molecule has 6 rings (SSSR count). The quantitative estimate of drug-likeness (QED) is 0.304. The fourth-order valence-corrected chi connectivity index (χ4v) is 5.21. The molecule has 5 aromatic rings. The van der Waals surface area contributed by atoms with Crippen molar-refractivity contribution < 1.29 is 5.11 Å². The van der Waals surface area contributed by atoms with Gasteiger partial charge in [0.2, 0.25) is 0 Å². The summed E-state index contributed by atoms with van der Waals surface area (Å²) >= 11 is 6.44. The van der Waals surface area contributed by atoms with Crippen LogP contribution in [0.25, 0.3) is 33.3 Å². The Kier molecular flexibility index (Phi) is 6.33. The van der Waals surface area contributed by atoms with Gasteiger partial charge in [-0.2, -0.15) is 15.3 Å². The second-order valence-electron chi connectivity index (χ2n) is 10.2. The van der Waals surface area contributed by atoms with Gasteiger partial charge in [0.25, 0.3) is 0 Å². The molecule has 4 aromatic heterocycles. The molecule has 2 N–H and O–H groups in total. The maximum absolute atomic E-state index is 13.2. The van der Waals surface area contributed by atoms with Gasteiger partial charge in [0.1, 0.15) is 11.9 Å². The summed E-state index contributed by atoms with van der Waals surface area (Å²) in [6.45, 7) is 2.78. The number of anilines is 1. The lowest BCUT2D eigenvalue weighted by molar-refractivity contribution is 0.208. The molecule has 0 unspecified atom stereocenters. The fraction of sp³-hybridized carbons (Fsp3) is 0.321. The summed E-state index contributed by atoms with van der Waals surface area (Å²) < 4.78 is 5.38. The van der Waals surface area contributed by atoms with Gasteiger partial charge in [-0.05, 0) is 49.4 Å². The minimum Gasteiger partial charge on any atom is -0.392 e. The van der Waals surface area contributed by atoms with E-state index in [1.54, 1.807) is 23.9 Å². The maximum Gasteiger partial charge on any atom is 0.351 e. The highest BCUT2D eigenvalue weighted by molar-refractivity contribution is 6.35. The van der Waals surface area contributed by atoms with Crippen LogP contribution >= 0.6 is 11.6 Å². The van der Waals surface area contributed by atoms with Crippen LogP contribution in [0.5, 0.6) is 0 Å². The molecular weight excluding hydrogens is 516 g/mol.